The van der Waals surface area contributed by atoms with Crippen LogP contribution in [0.15, 0.2) is 54.6 Å². The van der Waals surface area contributed by atoms with Crippen molar-refractivity contribution in [1.82, 2.24) is 9.78 Å². The SMILES string of the molecule is O=C(CCc1cccc(F)c1)Nc1c2c(nn1-c1ccccc1)CCC2. The summed E-state index contributed by atoms with van der Waals surface area (Å²) in [4.78, 5) is 12.5. The number of anilines is 1. The number of benzene rings is 2. The van der Waals surface area contributed by atoms with Crippen molar-refractivity contribution in [3.63, 3.8) is 0 Å². The summed E-state index contributed by atoms with van der Waals surface area (Å²) < 4.78 is 15.1. The number of aryl methyl sites for hydroxylation is 2. The summed E-state index contributed by atoms with van der Waals surface area (Å²) in [6, 6.07) is 16.2. The van der Waals surface area contributed by atoms with Gasteiger partial charge in [-0.25, -0.2) is 9.07 Å². The van der Waals surface area contributed by atoms with Gasteiger partial charge in [-0.2, -0.15) is 5.10 Å². The monoisotopic (exact) mass is 349 g/mol. The molecule has 0 saturated carbocycles. The Bertz CT molecular complexity index is 934. The summed E-state index contributed by atoms with van der Waals surface area (Å²) in [6.07, 6.45) is 3.76. The molecule has 1 amide bonds. The van der Waals surface area contributed by atoms with E-state index >= 15 is 0 Å². The van der Waals surface area contributed by atoms with Crippen LogP contribution in [0.1, 0.15) is 29.7 Å². The maximum atomic E-state index is 13.3. The predicted octanol–water partition coefficient (Wildman–Crippen LogP) is 4.07. The Morgan fingerprint density at radius 3 is 2.77 bits per heavy atom. The van der Waals surface area contributed by atoms with Gasteiger partial charge in [-0.1, -0.05) is 30.3 Å². The van der Waals surface area contributed by atoms with Gasteiger partial charge in [0, 0.05) is 12.0 Å². The molecule has 3 aromatic rings. The number of amides is 1. The highest BCUT2D eigenvalue weighted by atomic mass is 19.1. The minimum absolute atomic E-state index is 0.0824. The number of fused-ring (bicyclic) bond motifs is 1. The van der Waals surface area contributed by atoms with Gasteiger partial charge >= 0.3 is 0 Å². The number of halogens is 1. The lowest BCUT2D eigenvalue weighted by atomic mass is 10.1. The van der Waals surface area contributed by atoms with E-state index in [2.05, 4.69) is 5.32 Å². The van der Waals surface area contributed by atoms with Crippen LogP contribution in [0.2, 0.25) is 0 Å². The van der Waals surface area contributed by atoms with Crippen LogP contribution in [-0.2, 0) is 24.1 Å². The van der Waals surface area contributed by atoms with Crippen molar-refractivity contribution in [2.75, 3.05) is 5.32 Å². The number of rotatable bonds is 5. The molecule has 2 aromatic carbocycles. The molecule has 0 aliphatic heterocycles. The number of nitrogens with one attached hydrogen (secondary N) is 1. The third-order valence-corrected chi connectivity index (χ3v) is 4.70. The van der Waals surface area contributed by atoms with E-state index in [0.717, 1.165) is 47.6 Å². The number of carbonyl (C=O) groups is 1. The summed E-state index contributed by atoms with van der Waals surface area (Å²) in [7, 11) is 0. The van der Waals surface area contributed by atoms with Crippen LogP contribution in [0.5, 0.6) is 0 Å². The Hall–Kier alpha value is -2.95. The van der Waals surface area contributed by atoms with Crippen LogP contribution in [0, 0.1) is 5.82 Å². The first-order valence-corrected chi connectivity index (χ1v) is 8.91. The lowest BCUT2D eigenvalue weighted by Crippen LogP contribution is -2.16. The highest BCUT2D eigenvalue weighted by molar-refractivity contribution is 5.91. The Balaban J connectivity index is 1.53. The molecule has 4 nitrogen and oxygen atoms in total. The maximum absolute atomic E-state index is 13.3. The van der Waals surface area contributed by atoms with Crippen molar-refractivity contribution >= 4 is 11.7 Å². The fourth-order valence-electron chi connectivity index (χ4n) is 3.42. The summed E-state index contributed by atoms with van der Waals surface area (Å²) in [5.74, 6) is 0.414. The maximum Gasteiger partial charge on any atom is 0.225 e. The molecule has 0 radical (unpaired) electrons. The van der Waals surface area contributed by atoms with Crippen LogP contribution in [0.4, 0.5) is 10.2 Å². The van der Waals surface area contributed by atoms with E-state index in [0.29, 0.717) is 12.8 Å². The molecule has 0 atom stereocenters. The number of carbonyl (C=O) groups excluding carboxylic acids is 1. The molecule has 5 heteroatoms. The van der Waals surface area contributed by atoms with E-state index in [9.17, 15) is 9.18 Å². The third kappa shape index (κ3) is 3.38. The molecule has 0 saturated heterocycles. The topological polar surface area (TPSA) is 46.9 Å². The van der Waals surface area contributed by atoms with Crippen LogP contribution in [0.25, 0.3) is 5.69 Å². The van der Waals surface area contributed by atoms with Gasteiger partial charge in [0.15, 0.2) is 0 Å². The summed E-state index contributed by atoms with van der Waals surface area (Å²) in [5.41, 5.74) is 3.95. The molecular formula is C21H20FN3O. The first-order chi connectivity index (χ1) is 12.7. The average Bonchev–Trinajstić information content (AvgIpc) is 3.24. The van der Waals surface area contributed by atoms with Gasteiger partial charge < -0.3 is 5.32 Å². The Morgan fingerprint density at radius 1 is 1.12 bits per heavy atom. The largest absolute Gasteiger partial charge is 0.310 e. The van der Waals surface area contributed by atoms with E-state index in [1.165, 1.54) is 12.1 Å². The van der Waals surface area contributed by atoms with Crippen molar-refractivity contribution in [2.45, 2.75) is 32.1 Å². The molecule has 0 bridgehead atoms. The lowest BCUT2D eigenvalue weighted by Gasteiger charge is -2.11. The van der Waals surface area contributed by atoms with Crippen molar-refractivity contribution in [1.29, 1.82) is 0 Å². The zero-order valence-electron chi connectivity index (χ0n) is 14.4. The number of para-hydroxylation sites is 1. The van der Waals surface area contributed by atoms with E-state index in [4.69, 9.17) is 5.10 Å². The van der Waals surface area contributed by atoms with Crippen LogP contribution in [-0.4, -0.2) is 15.7 Å². The van der Waals surface area contributed by atoms with E-state index in [1.807, 2.05) is 41.1 Å². The van der Waals surface area contributed by atoms with Gasteiger partial charge in [-0.3, -0.25) is 4.79 Å². The lowest BCUT2D eigenvalue weighted by molar-refractivity contribution is -0.116. The number of hydrogen-bond acceptors (Lipinski definition) is 2. The molecule has 4 rings (SSSR count). The fraction of sp³-hybridized carbons (Fsp3) is 0.238. The predicted molar refractivity (Wildman–Crippen MR) is 98.9 cm³/mol. The van der Waals surface area contributed by atoms with E-state index in [-0.39, 0.29) is 11.7 Å². The Kier molecular flexibility index (Phi) is 4.52. The second-order valence-electron chi connectivity index (χ2n) is 6.55. The zero-order chi connectivity index (χ0) is 17.9. The van der Waals surface area contributed by atoms with E-state index < -0.39 is 0 Å². The zero-order valence-corrected chi connectivity index (χ0v) is 14.4. The highest BCUT2D eigenvalue weighted by Crippen LogP contribution is 2.31. The first kappa shape index (κ1) is 16.5. The van der Waals surface area contributed by atoms with Crippen molar-refractivity contribution in [3.8, 4) is 5.69 Å². The molecule has 1 aromatic heterocycles. The first-order valence-electron chi connectivity index (χ1n) is 8.91. The van der Waals surface area contributed by atoms with Crippen LogP contribution in [0.3, 0.4) is 0 Å². The van der Waals surface area contributed by atoms with Gasteiger partial charge in [0.1, 0.15) is 11.6 Å². The van der Waals surface area contributed by atoms with Gasteiger partial charge in [-0.15, -0.1) is 0 Å². The Morgan fingerprint density at radius 2 is 1.96 bits per heavy atom. The quantitative estimate of drug-likeness (QED) is 0.755. The highest BCUT2D eigenvalue weighted by Gasteiger charge is 2.24. The van der Waals surface area contributed by atoms with Gasteiger partial charge in [-0.05, 0) is 55.5 Å². The molecule has 0 spiro atoms. The smallest absolute Gasteiger partial charge is 0.225 e. The van der Waals surface area contributed by atoms with Gasteiger partial charge in [0.25, 0.3) is 0 Å². The average molecular weight is 349 g/mol. The number of nitrogens with zero attached hydrogens (tertiary/aromatic N) is 2. The third-order valence-electron chi connectivity index (χ3n) is 4.70. The van der Waals surface area contributed by atoms with Crippen molar-refractivity contribution in [3.05, 3.63) is 77.2 Å². The molecule has 132 valence electrons. The number of aromatic nitrogens is 2. The second-order valence-corrected chi connectivity index (χ2v) is 6.55. The summed E-state index contributed by atoms with van der Waals surface area (Å²) >= 11 is 0. The minimum Gasteiger partial charge on any atom is -0.310 e. The Labute approximate surface area is 151 Å². The molecule has 0 fully saturated rings. The van der Waals surface area contributed by atoms with Gasteiger partial charge in [0.05, 0.1) is 11.4 Å². The van der Waals surface area contributed by atoms with Gasteiger partial charge in [0.2, 0.25) is 5.91 Å². The van der Waals surface area contributed by atoms with Crippen LogP contribution >= 0.6 is 0 Å². The minimum atomic E-state index is -0.275. The summed E-state index contributed by atoms with van der Waals surface area (Å²) in [6.45, 7) is 0. The van der Waals surface area contributed by atoms with Crippen molar-refractivity contribution in [2.24, 2.45) is 0 Å². The molecule has 1 aliphatic rings. The molecular weight excluding hydrogens is 329 g/mol. The second kappa shape index (κ2) is 7.12. The van der Waals surface area contributed by atoms with Crippen LogP contribution < -0.4 is 5.32 Å². The summed E-state index contributed by atoms with van der Waals surface area (Å²) in [5, 5.41) is 7.74. The van der Waals surface area contributed by atoms with E-state index in [1.54, 1.807) is 6.07 Å². The normalized spacial score (nSPS) is 12.8. The standard InChI is InChI=1S/C21H20FN3O/c22-16-7-4-6-15(14-16)12-13-20(26)23-21-18-10-5-11-19(18)24-25(21)17-8-2-1-3-9-17/h1-4,6-9,14H,5,10-13H2,(H,23,26). The van der Waals surface area contributed by atoms with Crippen molar-refractivity contribution < 1.29 is 9.18 Å². The molecule has 1 aliphatic carbocycles. The number of hydrogen-bond donors (Lipinski definition) is 1. The fourth-order valence-corrected chi connectivity index (χ4v) is 3.42. The molecule has 1 heterocycles. The molecule has 0 unspecified atom stereocenters. The molecule has 1 N–H and O–H groups in total. The molecule has 26 heavy (non-hydrogen) atoms.